The summed E-state index contributed by atoms with van der Waals surface area (Å²) in [6, 6.07) is 6.68. The minimum Gasteiger partial charge on any atom is -0.394 e. The van der Waals surface area contributed by atoms with Crippen LogP contribution in [-0.2, 0) is 0 Å². The number of benzene rings is 1. The highest BCUT2D eigenvalue weighted by Gasteiger charge is 2.29. The smallest absolute Gasteiger partial charge is 0.260 e. The maximum Gasteiger partial charge on any atom is 0.260 e. The zero-order valence-corrected chi connectivity index (χ0v) is 12.4. The summed E-state index contributed by atoms with van der Waals surface area (Å²) in [5.74, 6) is 0.0209. The van der Waals surface area contributed by atoms with Crippen LogP contribution in [0.1, 0.15) is 0 Å². The van der Waals surface area contributed by atoms with Crippen LogP contribution in [0, 0.1) is 0 Å². The molecular formula is C14H18N4O6. The summed E-state index contributed by atoms with van der Waals surface area (Å²) in [6.07, 6.45) is -5.89. The van der Waals surface area contributed by atoms with Crippen LogP contribution >= 0.6 is 0 Å². The number of nitrogens with one attached hydrogen (secondary N) is 2. The van der Waals surface area contributed by atoms with Gasteiger partial charge >= 0.3 is 0 Å². The van der Waals surface area contributed by atoms with Gasteiger partial charge < -0.3 is 25.5 Å². The van der Waals surface area contributed by atoms with Crippen LogP contribution in [0.2, 0.25) is 0 Å². The van der Waals surface area contributed by atoms with Gasteiger partial charge in [-0.1, -0.05) is 12.1 Å². The third-order valence-electron chi connectivity index (χ3n) is 3.29. The van der Waals surface area contributed by atoms with Gasteiger partial charge in [0.1, 0.15) is 24.4 Å². The van der Waals surface area contributed by atoms with Crippen LogP contribution in [0.25, 0.3) is 10.9 Å². The molecule has 0 unspecified atom stereocenters. The molecule has 1 aromatic heterocycles. The Labute approximate surface area is 135 Å². The van der Waals surface area contributed by atoms with Crippen molar-refractivity contribution in [2.75, 3.05) is 12.0 Å². The summed E-state index contributed by atoms with van der Waals surface area (Å²) in [5, 5.41) is 50.6. The van der Waals surface area contributed by atoms with E-state index in [2.05, 4.69) is 20.5 Å². The molecular weight excluding hydrogens is 320 g/mol. The zero-order chi connectivity index (χ0) is 17.7. The van der Waals surface area contributed by atoms with Crippen LogP contribution in [-0.4, -0.2) is 72.7 Å². The van der Waals surface area contributed by atoms with Crippen molar-refractivity contribution in [2.45, 2.75) is 24.4 Å². The molecule has 2 aromatic rings. The predicted octanol–water partition coefficient (Wildman–Crippen LogP) is -2.24. The van der Waals surface area contributed by atoms with E-state index in [1.807, 2.05) is 0 Å². The molecule has 0 aliphatic rings. The Bertz CT molecular complexity index is 764. The number of hydrogen-bond acceptors (Lipinski definition) is 9. The van der Waals surface area contributed by atoms with Crippen molar-refractivity contribution in [3.63, 3.8) is 0 Å². The monoisotopic (exact) mass is 338 g/mol. The van der Waals surface area contributed by atoms with Crippen molar-refractivity contribution in [2.24, 2.45) is 5.10 Å². The summed E-state index contributed by atoms with van der Waals surface area (Å²) in [5.41, 5.74) is 2.45. The average Bonchev–Trinajstić information content (AvgIpc) is 2.59. The number of rotatable bonds is 7. The predicted molar refractivity (Wildman–Crippen MR) is 85.6 cm³/mol. The highest BCUT2D eigenvalue weighted by Crippen LogP contribution is 2.08. The van der Waals surface area contributed by atoms with E-state index in [1.54, 1.807) is 24.3 Å². The first-order valence-electron chi connectivity index (χ1n) is 7.05. The standard InChI is InChI=1S/C14H18N4O6/c19-6-10(21)12(23)11(22)9(20)5-15-18-14-16-8-4-2-1-3-7(8)13(24)17-14/h1-5,9-12,19-23H,6H2,(H2,16,17,18,24)/b15-5+/t9-,10+,11+,12+/m0/s1. The van der Waals surface area contributed by atoms with Gasteiger partial charge in [0.25, 0.3) is 5.56 Å². The van der Waals surface area contributed by atoms with Gasteiger partial charge in [-0.05, 0) is 12.1 Å². The van der Waals surface area contributed by atoms with E-state index >= 15 is 0 Å². The highest BCUT2D eigenvalue weighted by molar-refractivity contribution is 5.78. The third-order valence-corrected chi connectivity index (χ3v) is 3.29. The molecule has 0 amide bonds. The topological polar surface area (TPSA) is 171 Å². The Hall–Kier alpha value is -2.37. The van der Waals surface area contributed by atoms with Gasteiger partial charge in [-0.25, -0.2) is 10.4 Å². The number of aliphatic hydroxyl groups is 5. The second kappa shape index (κ2) is 7.95. The molecule has 0 saturated carbocycles. The van der Waals surface area contributed by atoms with Crippen LogP contribution in [0.4, 0.5) is 5.95 Å². The molecule has 7 N–H and O–H groups in total. The fourth-order valence-corrected chi connectivity index (χ4v) is 1.94. The molecule has 0 saturated heterocycles. The number of anilines is 1. The number of aliphatic hydroxyl groups excluding tert-OH is 5. The molecule has 2 rings (SSSR count). The van der Waals surface area contributed by atoms with Gasteiger partial charge in [0.15, 0.2) is 0 Å². The number of aromatic nitrogens is 2. The van der Waals surface area contributed by atoms with E-state index in [0.29, 0.717) is 10.9 Å². The van der Waals surface area contributed by atoms with Gasteiger partial charge in [-0.15, -0.1) is 0 Å². The lowest BCUT2D eigenvalue weighted by Crippen LogP contribution is -2.46. The number of nitrogens with zero attached hydrogens (tertiary/aromatic N) is 2. The molecule has 10 heteroatoms. The third kappa shape index (κ3) is 4.13. The highest BCUT2D eigenvalue weighted by atomic mass is 16.4. The fourth-order valence-electron chi connectivity index (χ4n) is 1.94. The van der Waals surface area contributed by atoms with E-state index in [4.69, 9.17) is 5.11 Å². The first-order valence-corrected chi connectivity index (χ1v) is 7.05. The minimum atomic E-state index is -1.76. The Morgan fingerprint density at radius 1 is 1.21 bits per heavy atom. The Morgan fingerprint density at radius 3 is 2.62 bits per heavy atom. The normalized spacial score (nSPS) is 16.9. The summed E-state index contributed by atoms with van der Waals surface area (Å²) in [7, 11) is 0. The zero-order valence-electron chi connectivity index (χ0n) is 12.4. The maximum absolute atomic E-state index is 11.8. The Kier molecular flexibility index (Phi) is 5.95. The van der Waals surface area contributed by atoms with E-state index in [-0.39, 0.29) is 11.5 Å². The van der Waals surface area contributed by atoms with Crippen LogP contribution in [0.5, 0.6) is 0 Å². The van der Waals surface area contributed by atoms with Crippen LogP contribution in [0.15, 0.2) is 34.2 Å². The van der Waals surface area contributed by atoms with E-state index in [0.717, 1.165) is 6.21 Å². The van der Waals surface area contributed by atoms with Crippen molar-refractivity contribution in [1.82, 2.24) is 9.97 Å². The summed E-state index contributed by atoms with van der Waals surface area (Å²) < 4.78 is 0. The molecule has 1 heterocycles. The molecule has 0 bridgehead atoms. The first kappa shape index (κ1) is 18.0. The summed E-state index contributed by atoms with van der Waals surface area (Å²) in [4.78, 5) is 18.4. The fraction of sp³-hybridized carbons (Fsp3) is 0.357. The van der Waals surface area contributed by atoms with E-state index < -0.39 is 31.0 Å². The van der Waals surface area contributed by atoms with Gasteiger partial charge in [0.05, 0.1) is 23.7 Å². The lowest BCUT2D eigenvalue weighted by molar-refractivity contribution is -0.0999. The molecule has 0 radical (unpaired) electrons. The molecule has 130 valence electrons. The lowest BCUT2D eigenvalue weighted by Gasteiger charge is -2.23. The Balaban J connectivity index is 2.04. The summed E-state index contributed by atoms with van der Waals surface area (Å²) >= 11 is 0. The second-order valence-corrected chi connectivity index (χ2v) is 5.04. The average molecular weight is 338 g/mol. The quantitative estimate of drug-likeness (QED) is 0.219. The van der Waals surface area contributed by atoms with Crippen molar-refractivity contribution in [3.8, 4) is 0 Å². The molecule has 0 aliphatic heterocycles. The van der Waals surface area contributed by atoms with Crippen molar-refractivity contribution < 1.29 is 25.5 Å². The molecule has 24 heavy (non-hydrogen) atoms. The number of fused-ring (bicyclic) bond motifs is 1. The Morgan fingerprint density at radius 2 is 1.92 bits per heavy atom. The molecule has 1 aromatic carbocycles. The van der Waals surface area contributed by atoms with E-state index in [1.165, 1.54) is 0 Å². The number of hydrogen-bond donors (Lipinski definition) is 7. The largest absolute Gasteiger partial charge is 0.394 e. The molecule has 0 spiro atoms. The number of para-hydroxylation sites is 1. The number of hydrazone groups is 1. The van der Waals surface area contributed by atoms with Crippen LogP contribution in [0.3, 0.4) is 0 Å². The van der Waals surface area contributed by atoms with Gasteiger partial charge in [-0.3, -0.25) is 9.78 Å². The van der Waals surface area contributed by atoms with Crippen molar-refractivity contribution in [3.05, 3.63) is 34.6 Å². The minimum absolute atomic E-state index is 0.0209. The molecule has 0 aliphatic carbocycles. The maximum atomic E-state index is 11.8. The van der Waals surface area contributed by atoms with E-state index in [9.17, 15) is 25.2 Å². The van der Waals surface area contributed by atoms with Crippen molar-refractivity contribution in [1.29, 1.82) is 0 Å². The molecule has 0 fully saturated rings. The lowest BCUT2D eigenvalue weighted by atomic mass is 10.0. The van der Waals surface area contributed by atoms with Gasteiger partial charge in [0, 0.05) is 0 Å². The van der Waals surface area contributed by atoms with Crippen molar-refractivity contribution >= 4 is 23.1 Å². The van der Waals surface area contributed by atoms with Gasteiger partial charge in [-0.2, -0.15) is 5.10 Å². The molecule has 10 nitrogen and oxygen atoms in total. The second-order valence-electron chi connectivity index (χ2n) is 5.04. The first-order chi connectivity index (χ1) is 11.4. The van der Waals surface area contributed by atoms with Crippen LogP contribution < -0.4 is 11.0 Å². The van der Waals surface area contributed by atoms with Gasteiger partial charge in [0.2, 0.25) is 5.95 Å². The summed E-state index contributed by atoms with van der Waals surface area (Å²) in [6.45, 7) is -0.775. The number of H-pyrrole nitrogens is 1. The SMILES string of the molecule is O=c1[nH]c(N/N=C/[C@H](O)[C@@H](O)[C@H](O)[C@H](O)CO)nc2ccccc12. The number of aromatic amines is 1. The molecule has 4 atom stereocenters.